The highest BCUT2D eigenvalue weighted by molar-refractivity contribution is 7.20. The highest BCUT2D eigenvalue weighted by atomic mass is 32.1. The predicted octanol–water partition coefficient (Wildman–Crippen LogP) is 2.05. The average Bonchev–Trinajstić information content (AvgIpc) is 3.31. The van der Waals surface area contributed by atoms with Crippen LogP contribution in [0, 0.1) is 0 Å². The molecule has 0 aliphatic carbocycles. The molecule has 1 aliphatic rings. The normalized spacial score (nSPS) is 17.3. The number of hydrogen-bond donors (Lipinski definition) is 0. The SMILES string of the molecule is CCc1cc(=O)n2nc(N3CCN(C(C)c4nccs4)CC3)sc2n1. The van der Waals surface area contributed by atoms with Gasteiger partial charge < -0.3 is 4.90 Å². The molecule has 7 nitrogen and oxygen atoms in total. The maximum Gasteiger partial charge on any atom is 0.275 e. The van der Waals surface area contributed by atoms with Gasteiger partial charge in [-0.1, -0.05) is 18.3 Å². The molecule has 1 unspecified atom stereocenters. The Morgan fingerprint density at radius 2 is 2.08 bits per heavy atom. The number of anilines is 1. The van der Waals surface area contributed by atoms with E-state index >= 15 is 0 Å². The number of aromatic nitrogens is 4. The van der Waals surface area contributed by atoms with E-state index < -0.39 is 0 Å². The summed E-state index contributed by atoms with van der Waals surface area (Å²) >= 11 is 3.20. The second-order valence-electron chi connectivity index (χ2n) is 6.09. The van der Waals surface area contributed by atoms with Crippen molar-refractivity contribution >= 4 is 32.8 Å². The van der Waals surface area contributed by atoms with Crippen molar-refractivity contribution in [3.63, 3.8) is 0 Å². The molecule has 132 valence electrons. The van der Waals surface area contributed by atoms with E-state index in [2.05, 4.69) is 31.8 Å². The smallest absolute Gasteiger partial charge is 0.275 e. The molecular weight excluding hydrogens is 356 g/mol. The van der Waals surface area contributed by atoms with Crippen LogP contribution in [0.1, 0.15) is 30.6 Å². The molecule has 0 amide bonds. The Kier molecular flexibility index (Phi) is 4.53. The van der Waals surface area contributed by atoms with Crippen molar-refractivity contribution in [1.29, 1.82) is 0 Å². The Balaban J connectivity index is 1.50. The van der Waals surface area contributed by atoms with Gasteiger partial charge in [-0.05, 0) is 13.3 Å². The van der Waals surface area contributed by atoms with Crippen molar-refractivity contribution in [2.24, 2.45) is 0 Å². The van der Waals surface area contributed by atoms with E-state index in [4.69, 9.17) is 0 Å². The van der Waals surface area contributed by atoms with Crippen LogP contribution in [0.25, 0.3) is 4.96 Å². The lowest BCUT2D eigenvalue weighted by molar-refractivity contribution is 0.198. The second kappa shape index (κ2) is 6.81. The molecule has 0 N–H and O–H groups in total. The minimum Gasteiger partial charge on any atom is -0.344 e. The van der Waals surface area contributed by atoms with Gasteiger partial charge in [0, 0.05) is 49.5 Å². The zero-order valence-corrected chi connectivity index (χ0v) is 15.9. The van der Waals surface area contributed by atoms with Crippen molar-refractivity contribution in [3.8, 4) is 0 Å². The van der Waals surface area contributed by atoms with Gasteiger partial charge in [-0.25, -0.2) is 9.97 Å². The zero-order valence-electron chi connectivity index (χ0n) is 14.3. The van der Waals surface area contributed by atoms with Gasteiger partial charge in [-0.15, -0.1) is 16.4 Å². The number of thiazole rings is 1. The molecule has 0 spiro atoms. The van der Waals surface area contributed by atoms with E-state index in [-0.39, 0.29) is 5.56 Å². The van der Waals surface area contributed by atoms with Gasteiger partial charge in [0.15, 0.2) is 0 Å². The van der Waals surface area contributed by atoms with E-state index in [9.17, 15) is 4.79 Å². The molecule has 1 fully saturated rings. The minimum atomic E-state index is -0.0969. The summed E-state index contributed by atoms with van der Waals surface area (Å²) < 4.78 is 1.42. The topological polar surface area (TPSA) is 66.6 Å². The number of rotatable bonds is 4. The van der Waals surface area contributed by atoms with Crippen LogP contribution in [-0.4, -0.2) is 50.7 Å². The largest absolute Gasteiger partial charge is 0.344 e. The summed E-state index contributed by atoms with van der Waals surface area (Å²) in [5, 5.41) is 8.55. The monoisotopic (exact) mass is 376 g/mol. The van der Waals surface area contributed by atoms with Crippen LogP contribution in [0.3, 0.4) is 0 Å². The molecule has 0 radical (unpaired) electrons. The highest BCUT2D eigenvalue weighted by Crippen LogP contribution is 2.26. The number of fused-ring (bicyclic) bond motifs is 1. The van der Waals surface area contributed by atoms with E-state index in [1.165, 1.54) is 15.9 Å². The summed E-state index contributed by atoms with van der Waals surface area (Å²) in [6.45, 7) is 7.92. The first-order valence-electron chi connectivity index (χ1n) is 8.44. The summed E-state index contributed by atoms with van der Waals surface area (Å²) in [4.78, 5) is 26.5. The van der Waals surface area contributed by atoms with E-state index in [0.29, 0.717) is 11.0 Å². The maximum absolute atomic E-state index is 12.2. The van der Waals surface area contributed by atoms with Gasteiger partial charge in [-0.3, -0.25) is 9.69 Å². The van der Waals surface area contributed by atoms with Crippen LogP contribution in [0.5, 0.6) is 0 Å². The highest BCUT2D eigenvalue weighted by Gasteiger charge is 2.25. The van der Waals surface area contributed by atoms with Gasteiger partial charge in [-0.2, -0.15) is 4.52 Å². The first-order valence-corrected chi connectivity index (χ1v) is 10.1. The van der Waals surface area contributed by atoms with Crippen molar-refractivity contribution in [1.82, 2.24) is 24.5 Å². The first kappa shape index (κ1) is 16.6. The fourth-order valence-electron chi connectivity index (χ4n) is 3.05. The van der Waals surface area contributed by atoms with Gasteiger partial charge in [0.05, 0.1) is 6.04 Å². The van der Waals surface area contributed by atoms with Gasteiger partial charge >= 0.3 is 0 Å². The summed E-state index contributed by atoms with van der Waals surface area (Å²) in [7, 11) is 0. The van der Waals surface area contributed by atoms with Crippen molar-refractivity contribution in [2.45, 2.75) is 26.3 Å². The lowest BCUT2D eigenvalue weighted by Gasteiger charge is -2.37. The molecule has 1 saturated heterocycles. The standard InChI is InChI=1S/C16H20N6OS2/c1-3-12-10-13(23)22-15(18-12)25-16(19-22)21-7-5-20(6-8-21)11(2)14-17-4-9-24-14/h4,9-11H,3,5-8H2,1-2H3. The van der Waals surface area contributed by atoms with Gasteiger partial charge in [0.1, 0.15) is 5.01 Å². The third kappa shape index (κ3) is 3.19. The quantitative estimate of drug-likeness (QED) is 0.694. The fourth-order valence-corrected chi connectivity index (χ4v) is 4.76. The minimum absolute atomic E-state index is 0.0969. The predicted molar refractivity (Wildman–Crippen MR) is 101 cm³/mol. The number of hydrogen-bond acceptors (Lipinski definition) is 8. The third-order valence-electron chi connectivity index (χ3n) is 4.59. The molecular formula is C16H20N6OS2. The van der Waals surface area contributed by atoms with Crippen LogP contribution in [-0.2, 0) is 6.42 Å². The van der Waals surface area contributed by atoms with Crippen LogP contribution >= 0.6 is 22.7 Å². The molecule has 0 bridgehead atoms. The molecule has 4 rings (SSSR count). The molecule has 3 aromatic rings. The third-order valence-corrected chi connectivity index (χ3v) is 6.51. The van der Waals surface area contributed by atoms with E-state index in [1.54, 1.807) is 17.4 Å². The van der Waals surface area contributed by atoms with Crippen molar-refractivity contribution in [2.75, 3.05) is 31.1 Å². The molecule has 1 aliphatic heterocycles. The summed E-state index contributed by atoms with van der Waals surface area (Å²) in [5.74, 6) is 0. The van der Waals surface area contributed by atoms with Gasteiger partial charge in [0.2, 0.25) is 10.1 Å². The first-order chi connectivity index (χ1) is 12.2. The Hall–Kier alpha value is -1.84. The molecule has 25 heavy (non-hydrogen) atoms. The second-order valence-corrected chi connectivity index (χ2v) is 7.95. The van der Waals surface area contributed by atoms with Crippen LogP contribution in [0.15, 0.2) is 22.4 Å². The zero-order chi connectivity index (χ0) is 17.4. The molecule has 0 aromatic carbocycles. The molecule has 0 saturated carbocycles. The Morgan fingerprint density at radius 3 is 2.76 bits per heavy atom. The van der Waals surface area contributed by atoms with Crippen LogP contribution in [0.4, 0.5) is 5.13 Å². The number of aryl methyl sites for hydroxylation is 1. The maximum atomic E-state index is 12.2. The number of piperazine rings is 1. The Bertz CT molecular complexity index is 910. The summed E-state index contributed by atoms with van der Waals surface area (Å²) in [6, 6.07) is 1.92. The summed E-state index contributed by atoms with van der Waals surface area (Å²) in [6.07, 6.45) is 2.62. The van der Waals surface area contributed by atoms with Crippen LogP contribution in [0.2, 0.25) is 0 Å². The van der Waals surface area contributed by atoms with E-state index in [0.717, 1.165) is 48.4 Å². The van der Waals surface area contributed by atoms with Gasteiger partial charge in [0.25, 0.3) is 5.56 Å². The molecule has 4 heterocycles. The summed E-state index contributed by atoms with van der Waals surface area (Å²) in [5.41, 5.74) is 0.725. The average molecular weight is 377 g/mol. The van der Waals surface area contributed by atoms with Crippen molar-refractivity contribution < 1.29 is 0 Å². The molecule has 1 atom stereocenters. The van der Waals surface area contributed by atoms with Crippen molar-refractivity contribution in [3.05, 3.63) is 38.7 Å². The van der Waals surface area contributed by atoms with Crippen LogP contribution < -0.4 is 10.5 Å². The number of nitrogens with zero attached hydrogens (tertiary/aromatic N) is 6. The fraction of sp³-hybridized carbons (Fsp3) is 0.500. The lowest BCUT2D eigenvalue weighted by atomic mass is 10.2. The Morgan fingerprint density at radius 1 is 1.28 bits per heavy atom. The Labute approximate surface area is 153 Å². The molecule has 3 aromatic heterocycles. The molecule has 9 heteroatoms. The van der Waals surface area contributed by atoms with E-state index in [1.807, 2.05) is 18.5 Å². The lowest BCUT2D eigenvalue weighted by Crippen LogP contribution is -2.47.